The first-order valence-electron chi connectivity index (χ1n) is 5.15. The molecule has 2 N–H and O–H groups in total. The number of unbranched alkanes of at least 4 members (excludes halogenated alkanes) is 2. The van der Waals surface area contributed by atoms with Crippen LogP contribution in [0.5, 0.6) is 0 Å². The zero-order chi connectivity index (χ0) is 9.52. The Morgan fingerprint density at radius 1 is 1.15 bits per heavy atom. The highest BCUT2D eigenvalue weighted by molar-refractivity contribution is 5.18. The molecule has 0 saturated carbocycles. The summed E-state index contributed by atoms with van der Waals surface area (Å²) in [6.45, 7) is 2.22. The van der Waals surface area contributed by atoms with Crippen LogP contribution in [-0.2, 0) is 0 Å². The van der Waals surface area contributed by atoms with E-state index in [9.17, 15) is 0 Å². The molecule has 1 aromatic rings. The molecule has 0 aliphatic carbocycles. The smallest absolute Gasteiger partial charge is 0.0294 e. The number of benzene rings is 1. The summed E-state index contributed by atoms with van der Waals surface area (Å²) in [6.07, 6.45) is 4.91. The normalized spacial score (nSPS) is 12.8. The highest BCUT2D eigenvalue weighted by atomic mass is 14.6. The average Bonchev–Trinajstić information content (AvgIpc) is 2.19. The second kappa shape index (κ2) is 5.76. The van der Waals surface area contributed by atoms with Crippen molar-refractivity contribution < 1.29 is 0 Å². The molecule has 0 radical (unpaired) electrons. The van der Waals surface area contributed by atoms with Gasteiger partial charge in [0, 0.05) is 6.04 Å². The highest BCUT2D eigenvalue weighted by Gasteiger charge is 2.03. The SMILES string of the molecule is CCCCC[C@@H](N)c1ccccc1. The standard InChI is InChI=1S/C12H19N/c1-2-3-5-10-12(13)11-8-6-4-7-9-11/h4,6-9,12H,2-3,5,10,13H2,1H3/t12-/m1/s1. The van der Waals surface area contributed by atoms with E-state index in [0.717, 1.165) is 6.42 Å². The van der Waals surface area contributed by atoms with Gasteiger partial charge in [0.25, 0.3) is 0 Å². The molecule has 0 unspecified atom stereocenters. The van der Waals surface area contributed by atoms with Gasteiger partial charge in [-0.2, -0.15) is 0 Å². The monoisotopic (exact) mass is 177 g/mol. The van der Waals surface area contributed by atoms with Crippen molar-refractivity contribution in [2.45, 2.75) is 38.6 Å². The zero-order valence-electron chi connectivity index (χ0n) is 8.37. The van der Waals surface area contributed by atoms with E-state index >= 15 is 0 Å². The Balaban J connectivity index is 2.35. The van der Waals surface area contributed by atoms with E-state index in [2.05, 4.69) is 31.2 Å². The van der Waals surface area contributed by atoms with E-state index < -0.39 is 0 Å². The van der Waals surface area contributed by atoms with Gasteiger partial charge in [0.05, 0.1) is 0 Å². The first kappa shape index (κ1) is 10.3. The van der Waals surface area contributed by atoms with Crippen LogP contribution in [0.3, 0.4) is 0 Å². The number of hydrogen-bond acceptors (Lipinski definition) is 1. The molecule has 0 aliphatic rings. The molecular formula is C12H19N. The van der Waals surface area contributed by atoms with Crippen molar-refractivity contribution in [2.24, 2.45) is 5.73 Å². The van der Waals surface area contributed by atoms with Gasteiger partial charge < -0.3 is 5.73 Å². The van der Waals surface area contributed by atoms with Crippen molar-refractivity contribution in [3.8, 4) is 0 Å². The molecule has 1 aromatic carbocycles. The van der Waals surface area contributed by atoms with Crippen molar-refractivity contribution >= 4 is 0 Å². The average molecular weight is 177 g/mol. The molecule has 1 nitrogen and oxygen atoms in total. The fraction of sp³-hybridized carbons (Fsp3) is 0.500. The van der Waals surface area contributed by atoms with E-state index in [4.69, 9.17) is 5.73 Å². The first-order chi connectivity index (χ1) is 6.34. The lowest BCUT2D eigenvalue weighted by Crippen LogP contribution is -2.09. The van der Waals surface area contributed by atoms with Gasteiger partial charge in [-0.25, -0.2) is 0 Å². The van der Waals surface area contributed by atoms with Crippen LogP contribution in [0.2, 0.25) is 0 Å². The lowest BCUT2D eigenvalue weighted by Gasteiger charge is -2.10. The van der Waals surface area contributed by atoms with E-state index in [1.807, 2.05) is 6.07 Å². The van der Waals surface area contributed by atoms with E-state index in [1.165, 1.54) is 24.8 Å². The third kappa shape index (κ3) is 3.60. The minimum Gasteiger partial charge on any atom is -0.324 e. The molecule has 0 heterocycles. The minimum absolute atomic E-state index is 0.229. The summed E-state index contributed by atoms with van der Waals surface area (Å²) in [4.78, 5) is 0. The summed E-state index contributed by atoms with van der Waals surface area (Å²) in [6, 6.07) is 10.6. The van der Waals surface area contributed by atoms with Crippen LogP contribution in [0.15, 0.2) is 30.3 Å². The van der Waals surface area contributed by atoms with Crippen LogP contribution >= 0.6 is 0 Å². The third-order valence-electron chi connectivity index (χ3n) is 2.35. The summed E-state index contributed by atoms with van der Waals surface area (Å²) < 4.78 is 0. The lowest BCUT2D eigenvalue weighted by molar-refractivity contribution is 0.581. The fourth-order valence-electron chi connectivity index (χ4n) is 1.48. The van der Waals surface area contributed by atoms with Gasteiger partial charge in [0.1, 0.15) is 0 Å². The largest absolute Gasteiger partial charge is 0.324 e. The lowest BCUT2D eigenvalue weighted by atomic mass is 10.0. The summed E-state index contributed by atoms with van der Waals surface area (Å²) in [5.74, 6) is 0. The Labute approximate surface area is 81.0 Å². The molecule has 1 rings (SSSR count). The van der Waals surface area contributed by atoms with Gasteiger partial charge in [0.2, 0.25) is 0 Å². The zero-order valence-corrected chi connectivity index (χ0v) is 8.37. The predicted octanol–water partition coefficient (Wildman–Crippen LogP) is 3.27. The summed E-state index contributed by atoms with van der Waals surface area (Å²) >= 11 is 0. The summed E-state index contributed by atoms with van der Waals surface area (Å²) in [5.41, 5.74) is 7.30. The Kier molecular flexibility index (Phi) is 4.55. The van der Waals surface area contributed by atoms with Crippen LogP contribution in [0, 0.1) is 0 Å². The molecule has 0 bridgehead atoms. The van der Waals surface area contributed by atoms with Crippen LogP contribution in [0.1, 0.15) is 44.2 Å². The topological polar surface area (TPSA) is 26.0 Å². The third-order valence-corrected chi connectivity index (χ3v) is 2.35. The van der Waals surface area contributed by atoms with Gasteiger partial charge in [-0.1, -0.05) is 56.5 Å². The Morgan fingerprint density at radius 3 is 2.46 bits per heavy atom. The van der Waals surface area contributed by atoms with Crippen LogP contribution in [0.25, 0.3) is 0 Å². The molecule has 0 aromatic heterocycles. The molecule has 1 heteroatoms. The van der Waals surface area contributed by atoms with Crippen LogP contribution < -0.4 is 5.73 Å². The van der Waals surface area contributed by atoms with E-state index in [-0.39, 0.29) is 6.04 Å². The van der Waals surface area contributed by atoms with Gasteiger partial charge in [0.15, 0.2) is 0 Å². The molecule has 0 saturated heterocycles. The highest BCUT2D eigenvalue weighted by Crippen LogP contribution is 2.16. The summed E-state index contributed by atoms with van der Waals surface area (Å²) in [7, 11) is 0. The predicted molar refractivity (Wildman–Crippen MR) is 57.5 cm³/mol. The van der Waals surface area contributed by atoms with Gasteiger partial charge in [-0.15, -0.1) is 0 Å². The van der Waals surface area contributed by atoms with Crippen molar-refractivity contribution in [3.05, 3.63) is 35.9 Å². The van der Waals surface area contributed by atoms with Crippen molar-refractivity contribution in [2.75, 3.05) is 0 Å². The molecule has 72 valence electrons. The van der Waals surface area contributed by atoms with E-state index in [1.54, 1.807) is 0 Å². The Hall–Kier alpha value is -0.820. The molecular weight excluding hydrogens is 158 g/mol. The molecule has 0 amide bonds. The second-order valence-electron chi connectivity index (χ2n) is 3.51. The van der Waals surface area contributed by atoms with Crippen LogP contribution in [0.4, 0.5) is 0 Å². The number of nitrogens with two attached hydrogens (primary N) is 1. The first-order valence-corrected chi connectivity index (χ1v) is 5.15. The van der Waals surface area contributed by atoms with Crippen LogP contribution in [-0.4, -0.2) is 0 Å². The maximum Gasteiger partial charge on any atom is 0.0294 e. The number of hydrogen-bond donors (Lipinski definition) is 1. The second-order valence-corrected chi connectivity index (χ2v) is 3.51. The Morgan fingerprint density at radius 2 is 1.85 bits per heavy atom. The summed E-state index contributed by atoms with van der Waals surface area (Å²) in [5, 5.41) is 0. The molecule has 13 heavy (non-hydrogen) atoms. The van der Waals surface area contributed by atoms with Crippen molar-refractivity contribution in [1.82, 2.24) is 0 Å². The van der Waals surface area contributed by atoms with E-state index in [0.29, 0.717) is 0 Å². The quantitative estimate of drug-likeness (QED) is 0.686. The molecule has 0 spiro atoms. The molecule has 0 fully saturated rings. The fourth-order valence-corrected chi connectivity index (χ4v) is 1.48. The van der Waals surface area contributed by atoms with Crippen molar-refractivity contribution in [3.63, 3.8) is 0 Å². The maximum atomic E-state index is 6.04. The van der Waals surface area contributed by atoms with Crippen molar-refractivity contribution in [1.29, 1.82) is 0 Å². The minimum atomic E-state index is 0.229. The number of rotatable bonds is 5. The molecule has 0 aliphatic heterocycles. The Bertz CT molecular complexity index is 218. The van der Waals surface area contributed by atoms with Gasteiger partial charge in [-0.05, 0) is 12.0 Å². The maximum absolute atomic E-state index is 6.04. The van der Waals surface area contributed by atoms with Gasteiger partial charge >= 0.3 is 0 Å². The van der Waals surface area contributed by atoms with Gasteiger partial charge in [-0.3, -0.25) is 0 Å². The molecule has 1 atom stereocenters.